The van der Waals surface area contributed by atoms with Crippen LogP contribution in [0.15, 0.2) is 23.7 Å². The first-order valence-corrected chi connectivity index (χ1v) is 8.39. The van der Waals surface area contributed by atoms with Crippen molar-refractivity contribution >= 4 is 28.6 Å². The monoisotopic (exact) mass is 308 g/mol. The summed E-state index contributed by atoms with van der Waals surface area (Å²) in [6.45, 7) is 0.116. The van der Waals surface area contributed by atoms with Gasteiger partial charge in [0.1, 0.15) is 9.88 Å². The van der Waals surface area contributed by atoms with Crippen molar-refractivity contribution in [2.24, 2.45) is 5.92 Å². The SMILES string of the molecule is O=C(NC(CCO)C1CC1)c1cnc(-c2cccs2)s1. The van der Waals surface area contributed by atoms with E-state index in [0.717, 1.165) is 22.7 Å². The molecule has 6 heteroatoms. The van der Waals surface area contributed by atoms with Crippen molar-refractivity contribution in [2.45, 2.75) is 25.3 Å². The fourth-order valence-electron chi connectivity index (χ4n) is 2.20. The van der Waals surface area contributed by atoms with Gasteiger partial charge in [-0.25, -0.2) is 4.98 Å². The van der Waals surface area contributed by atoms with Gasteiger partial charge in [-0.2, -0.15) is 0 Å². The van der Waals surface area contributed by atoms with Gasteiger partial charge in [-0.05, 0) is 36.6 Å². The summed E-state index contributed by atoms with van der Waals surface area (Å²) in [5.74, 6) is 0.464. The van der Waals surface area contributed by atoms with E-state index in [4.69, 9.17) is 5.11 Å². The third-order valence-electron chi connectivity index (χ3n) is 3.41. The maximum Gasteiger partial charge on any atom is 0.263 e. The van der Waals surface area contributed by atoms with Crippen LogP contribution in [0.1, 0.15) is 28.9 Å². The van der Waals surface area contributed by atoms with Crippen LogP contribution in [0, 0.1) is 5.92 Å². The first-order valence-electron chi connectivity index (χ1n) is 6.69. The molecule has 1 atom stereocenters. The summed E-state index contributed by atoms with van der Waals surface area (Å²) in [4.78, 5) is 18.3. The Labute approximate surface area is 125 Å². The van der Waals surface area contributed by atoms with Gasteiger partial charge >= 0.3 is 0 Å². The van der Waals surface area contributed by atoms with E-state index in [9.17, 15) is 4.79 Å². The van der Waals surface area contributed by atoms with Crippen molar-refractivity contribution in [1.82, 2.24) is 10.3 Å². The van der Waals surface area contributed by atoms with Crippen LogP contribution in [0.3, 0.4) is 0 Å². The van der Waals surface area contributed by atoms with E-state index in [1.165, 1.54) is 11.3 Å². The number of amides is 1. The fraction of sp³-hybridized carbons (Fsp3) is 0.429. The average molecular weight is 308 g/mol. The van der Waals surface area contributed by atoms with Gasteiger partial charge in [0.05, 0.1) is 11.1 Å². The zero-order chi connectivity index (χ0) is 13.9. The second kappa shape index (κ2) is 6.03. The Morgan fingerprint density at radius 2 is 2.40 bits per heavy atom. The van der Waals surface area contributed by atoms with Gasteiger partial charge in [0.15, 0.2) is 0 Å². The minimum atomic E-state index is -0.0735. The average Bonchev–Trinajstić information content (AvgIpc) is 2.94. The molecule has 20 heavy (non-hydrogen) atoms. The standard InChI is InChI=1S/C14H16N2O2S2/c17-6-5-10(9-3-4-9)16-13(18)12-8-15-14(20-12)11-2-1-7-19-11/h1-2,7-10,17H,3-6H2,(H,16,18). The van der Waals surface area contributed by atoms with Crippen LogP contribution >= 0.6 is 22.7 Å². The molecule has 2 aromatic heterocycles. The number of carbonyl (C=O) groups excluding carboxylic acids is 1. The van der Waals surface area contributed by atoms with Crippen LogP contribution in [0.4, 0.5) is 0 Å². The zero-order valence-corrected chi connectivity index (χ0v) is 12.5. The Morgan fingerprint density at radius 1 is 1.55 bits per heavy atom. The number of thiophene rings is 1. The van der Waals surface area contributed by atoms with Gasteiger partial charge in [-0.1, -0.05) is 6.07 Å². The van der Waals surface area contributed by atoms with Gasteiger partial charge in [-0.3, -0.25) is 4.79 Å². The number of nitrogens with one attached hydrogen (secondary N) is 1. The van der Waals surface area contributed by atoms with E-state index in [1.807, 2.05) is 17.5 Å². The molecule has 1 saturated carbocycles. The Morgan fingerprint density at radius 3 is 3.05 bits per heavy atom. The molecule has 0 spiro atoms. The molecular weight excluding hydrogens is 292 g/mol. The maximum atomic E-state index is 12.2. The Hall–Kier alpha value is -1.24. The molecule has 106 valence electrons. The summed E-state index contributed by atoms with van der Waals surface area (Å²) in [5.41, 5.74) is 0. The highest BCUT2D eigenvalue weighted by Gasteiger charge is 2.32. The molecule has 2 heterocycles. The number of aromatic nitrogens is 1. The van der Waals surface area contributed by atoms with Crippen molar-refractivity contribution in [1.29, 1.82) is 0 Å². The van der Waals surface area contributed by atoms with E-state index in [2.05, 4.69) is 10.3 Å². The van der Waals surface area contributed by atoms with Crippen molar-refractivity contribution < 1.29 is 9.90 Å². The van der Waals surface area contributed by atoms with Crippen LogP contribution < -0.4 is 5.32 Å². The summed E-state index contributed by atoms with van der Waals surface area (Å²) in [5, 5.41) is 15.0. The zero-order valence-electron chi connectivity index (χ0n) is 10.9. The minimum Gasteiger partial charge on any atom is -0.396 e. The van der Waals surface area contributed by atoms with Crippen LogP contribution in [-0.4, -0.2) is 28.6 Å². The predicted octanol–water partition coefficient (Wildman–Crippen LogP) is 2.76. The summed E-state index contributed by atoms with van der Waals surface area (Å²) in [6.07, 6.45) is 4.56. The summed E-state index contributed by atoms with van der Waals surface area (Å²) < 4.78 is 0. The number of thiazole rings is 1. The Balaban J connectivity index is 1.67. The van der Waals surface area contributed by atoms with E-state index >= 15 is 0 Å². The number of hydrogen-bond acceptors (Lipinski definition) is 5. The number of nitrogens with zero attached hydrogens (tertiary/aromatic N) is 1. The lowest BCUT2D eigenvalue weighted by atomic mass is 10.1. The predicted molar refractivity (Wildman–Crippen MR) is 81.1 cm³/mol. The molecule has 4 nitrogen and oxygen atoms in total. The van der Waals surface area contributed by atoms with Crippen LogP contribution in [0.2, 0.25) is 0 Å². The quantitative estimate of drug-likeness (QED) is 0.862. The molecule has 1 fully saturated rings. The second-order valence-electron chi connectivity index (χ2n) is 4.94. The van der Waals surface area contributed by atoms with Gasteiger partial charge in [0.25, 0.3) is 5.91 Å². The van der Waals surface area contributed by atoms with Crippen molar-refractivity contribution in [2.75, 3.05) is 6.61 Å². The fourth-order valence-corrected chi connectivity index (χ4v) is 3.82. The van der Waals surface area contributed by atoms with Crippen molar-refractivity contribution in [3.63, 3.8) is 0 Å². The number of aliphatic hydroxyl groups excluding tert-OH is 1. The van der Waals surface area contributed by atoms with Crippen LogP contribution in [-0.2, 0) is 0 Å². The molecule has 0 bridgehead atoms. The van der Waals surface area contributed by atoms with Gasteiger partial charge in [-0.15, -0.1) is 22.7 Å². The lowest BCUT2D eigenvalue weighted by Crippen LogP contribution is -2.36. The second-order valence-corrected chi connectivity index (χ2v) is 6.91. The third-order valence-corrected chi connectivity index (χ3v) is 5.44. The van der Waals surface area contributed by atoms with Crippen LogP contribution in [0.25, 0.3) is 9.88 Å². The first-order chi connectivity index (χ1) is 9.78. The maximum absolute atomic E-state index is 12.2. The molecule has 1 amide bonds. The highest BCUT2D eigenvalue weighted by Crippen LogP contribution is 2.34. The number of hydrogen-bond donors (Lipinski definition) is 2. The molecule has 2 N–H and O–H groups in total. The molecule has 0 aromatic carbocycles. The van der Waals surface area contributed by atoms with Crippen LogP contribution in [0.5, 0.6) is 0 Å². The highest BCUT2D eigenvalue weighted by atomic mass is 32.1. The van der Waals surface area contributed by atoms with E-state index in [0.29, 0.717) is 17.2 Å². The third kappa shape index (κ3) is 3.08. The molecule has 1 aliphatic carbocycles. The summed E-state index contributed by atoms with van der Waals surface area (Å²) in [6, 6.07) is 4.08. The molecule has 0 radical (unpaired) electrons. The molecule has 0 saturated heterocycles. The molecular formula is C14H16N2O2S2. The van der Waals surface area contributed by atoms with E-state index in [1.54, 1.807) is 17.5 Å². The highest BCUT2D eigenvalue weighted by molar-refractivity contribution is 7.21. The molecule has 3 rings (SSSR count). The minimum absolute atomic E-state index is 0.0735. The van der Waals surface area contributed by atoms with E-state index in [-0.39, 0.29) is 18.6 Å². The topological polar surface area (TPSA) is 62.2 Å². The van der Waals surface area contributed by atoms with Gasteiger partial charge in [0.2, 0.25) is 0 Å². The molecule has 1 aliphatic rings. The smallest absolute Gasteiger partial charge is 0.263 e. The number of aliphatic hydroxyl groups is 1. The molecule has 2 aromatic rings. The number of rotatable bonds is 6. The lowest BCUT2D eigenvalue weighted by molar-refractivity contribution is 0.0928. The Bertz CT molecular complexity index is 576. The van der Waals surface area contributed by atoms with E-state index < -0.39 is 0 Å². The normalized spacial score (nSPS) is 16.1. The lowest BCUT2D eigenvalue weighted by Gasteiger charge is -2.16. The van der Waals surface area contributed by atoms with Gasteiger partial charge in [0, 0.05) is 12.6 Å². The number of carbonyl (C=O) groups is 1. The summed E-state index contributed by atoms with van der Waals surface area (Å²) >= 11 is 3.04. The first kappa shape index (κ1) is 13.7. The Kier molecular flexibility index (Phi) is 4.14. The molecule has 0 aliphatic heterocycles. The van der Waals surface area contributed by atoms with Gasteiger partial charge < -0.3 is 10.4 Å². The summed E-state index contributed by atoms with van der Waals surface area (Å²) in [7, 11) is 0. The van der Waals surface area contributed by atoms with Crippen molar-refractivity contribution in [3.05, 3.63) is 28.6 Å². The van der Waals surface area contributed by atoms with Crippen molar-refractivity contribution in [3.8, 4) is 9.88 Å². The molecule has 1 unspecified atom stereocenters. The largest absolute Gasteiger partial charge is 0.396 e.